The van der Waals surface area contributed by atoms with Crippen molar-refractivity contribution in [3.05, 3.63) is 60.2 Å². The quantitative estimate of drug-likeness (QED) is 0.771. The van der Waals surface area contributed by atoms with E-state index < -0.39 is 5.91 Å². The first-order chi connectivity index (χ1) is 12.1. The minimum absolute atomic E-state index is 0.117. The van der Waals surface area contributed by atoms with E-state index in [1.165, 1.54) is 49.5 Å². The smallest absolute Gasteiger partial charge is 0.277 e. The van der Waals surface area contributed by atoms with E-state index in [0.717, 1.165) is 0 Å². The third kappa shape index (κ3) is 3.74. The number of aromatic nitrogens is 3. The lowest BCUT2D eigenvalue weighted by Gasteiger charge is -2.08. The maximum absolute atomic E-state index is 13.0. The van der Waals surface area contributed by atoms with Crippen molar-refractivity contribution in [2.24, 2.45) is 0 Å². The summed E-state index contributed by atoms with van der Waals surface area (Å²) >= 11 is 0. The van der Waals surface area contributed by atoms with Gasteiger partial charge in [0.05, 0.1) is 26.1 Å². The van der Waals surface area contributed by atoms with Crippen LogP contribution in [0.1, 0.15) is 10.5 Å². The van der Waals surface area contributed by atoms with Crippen molar-refractivity contribution in [2.45, 2.75) is 0 Å². The van der Waals surface area contributed by atoms with Crippen molar-refractivity contribution in [1.29, 1.82) is 0 Å². The van der Waals surface area contributed by atoms with Crippen LogP contribution in [0.5, 0.6) is 11.5 Å². The van der Waals surface area contributed by atoms with Gasteiger partial charge in [-0.3, -0.25) is 4.79 Å². The molecule has 1 N–H and O–H groups in total. The molecule has 2 aromatic carbocycles. The highest BCUT2D eigenvalue weighted by atomic mass is 19.1. The second-order valence-electron chi connectivity index (χ2n) is 5.05. The van der Waals surface area contributed by atoms with Gasteiger partial charge in [-0.1, -0.05) is 0 Å². The molecule has 0 aliphatic rings. The van der Waals surface area contributed by atoms with Gasteiger partial charge in [0.15, 0.2) is 5.69 Å². The van der Waals surface area contributed by atoms with Crippen LogP contribution in [0.4, 0.5) is 10.1 Å². The van der Waals surface area contributed by atoms with Gasteiger partial charge in [-0.25, -0.2) is 4.39 Å². The largest absolute Gasteiger partial charge is 0.497 e. The predicted octanol–water partition coefficient (Wildman–Crippen LogP) is 2.68. The Labute approximate surface area is 143 Å². The Morgan fingerprint density at radius 1 is 1.08 bits per heavy atom. The molecule has 0 aliphatic heterocycles. The molecule has 1 aromatic heterocycles. The topological polar surface area (TPSA) is 78.3 Å². The molecule has 0 fully saturated rings. The fraction of sp³-hybridized carbons (Fsp3) is 0.118. The lowest BCUT2D eigenvalue weighted by Crippen LogP contribution is -2.13. The van der Waals surface area contributed by atoms with E-state index in [9.17, 15) is 9.18 Å². The van der Waals surface area contributed by atoms with Crippen molar-refractivity contribution in [3.8, 4) is 17.2 Å². The maximum atomic E-state index is 13.0. The fourth-order valence-corrected chi connectivity index (χ4v) is 2.14. The summed E-state index contributed by atoms with van der Waals surface area (Å²) in [6.45, 7) is 0. The minimum Gasteiger partial charge on any atom is -0.497 e. The average Bonchev–Trinajstić information content (AvgIpc) is 3.12. The standard InChI is InChI=1S/C17H15FN4O3/c1-24-14-7-12(8-15(9-14)25-2)20-17(23)16-10-19-22(21-16)13-5-3-11(18)4-6-13/h3-10H,1-2H3,(H,20,23). The minimum atomic E-state index is -0.441. The highest BCUT2D eigenvalue weighted by molar-refractivity contribution is 6.02. The number of anilines is 1. The van der Waals surface area contributed by atoms with Gasteiger partial charge in [0.25, 0.3) is 5.91 Å². The molecular formula is C17H15FN4O3. The van der Waals surface area contributed by atoms with Crippen LogP contribution in [-0.4, -0.2) is 35.1 Å². The Morgan fingerprint density at radius 3 is 2.32 bits per heavy atom. The molecule has 0 bridgehead atoms. The van der Waals surface area contributed by atoms with Crippen LogP contribution in [0.2, 0.25) is 0 Å². The fourth-order valence-electron chi connectivity index (χ4n) is 2.14. The Bertz CT molecular complexity index is 871. The predicted molar refractivity (Wildman–Crippen MR) is 88.8 cm³/mol. The molecule has 1 heterocycles. The van der Waals surface area contributed by atoms with E-state index >= 15 is 0 Å². The van der Waals surface area contributed by atoms with Crippen molar-refractivity contribution in [2.75, 3.05) is 19.5 Å². The molecule has 7 nitrogen and oxygen atoms in total. The maximum Gasteiger partial charge on any atom is 0.277 e. The molecule has 1 amide bonds. The summed E-state index contributed by atoms with van der Waals surface area (Å²) < 4.78 is 23.3. The molecule has 0 saturated heterocycles. The number of nitrogens with zero attached hydrogens (tertiary/aromatic N) is 3. The molecule has 3 aromatic rings. The lowest BCUT2D eigenvalue weighted by atomic mass is 10.2. The molecular weight excluding hydrogens is 327 g/mol. The molecule has 0 unspecified atom stereocenters. The zero-order valence-electron chi connectivity index (χ0n) is 13.6. The highest BCUT2D eigenvalue weighted by Gasteiger charge is 2.13. The first-order valence-corrected chi connectivity index (χ1v) is 7.32. The SMILES string of the molecule is COc1cc(NC(=O)c2cnn(-c3ccc(F)cc3)n2)cc(OC)c1. The number of rotatable bonds is 5. The second kappa shape index (κ2) is 7.00. The third-order valence-electron chi connectivity index (χ3n) is 3.39. The summed E-state index contributed by atoms with van der Waals surface area (Å²) in [5.41, 5.74) is 1.16. The number of halogens is 1. The number of nitrogens with one attached hydrogen (secondary N) is 1. The number of amides is 1. The van der Waals surface area contributed by atoms with Gasteiger partial charge in [-0.2, -0.15) is 9.90 Å². The van der Waals surface area contributed by atoms with Gasteiger partial charge in [0.2, 0.25) is 0 Å². The average molecular weight is 342 g/mol. The normalized spacial score (nSPS) is 10.4. The molecule has 0 atom stereocenters. The van der Waals surface area contributed by atoms with E-state index in [1.807, 2.05) is 0 Å². The van der Waals surface area contributed by atoms with Crippen molar-refractivity contribution >= 4 is 11.6 Å². The number of carbonyl (C=O) groups is 1. The molecule has 3 rings (SSSR count). The van der Waals surface area contributed by atoms with E-state index in [1.54, 1.807) is 18.2 Å². The Morgan fingerprint density at radius 2 is 1.72 bits per heavy atom. The summed E-state index contributed by atoms with van der Waals surface area (Å²) in [5, 5.41) is 10.8. The van der Waals surface area contributed by atoms with E-state index in [4.69, 9.17) is 9.47 Å². The van der Waals surface area contributed by atoms with Crippen LogP contribution in [0.25, 0.3) is 5.69 Å². The summed E-state index contributed by atoms with van der Waals surface area (Å²) in [6, 6.07) is 10.6. The van der Waals surface area contributed by atoms with Crippen molar-refractivity contribution < 1.29 is 18.7 Å². The molecule has 8 heteroatoms. The van der Waals surface area contributed by atoms with E-state index in [-0.39, 0.29) is 11.5 Å². The van der Waals surface area contributed by atoms with Crippen LogP contribution < -0.4 is 14.8 Å². The van der Waals surface area contributed by atoms with E-state index in [2.05, 4.69) is 15.5 Å². The van der Waals surface area contributed by atoms with Gasteiger partial charge in [-0.05, 0) is 24.3 Å². The lowest BCUT2D eigenvalue weighted by molar-refractivity contribution is 0.102. The number of hydrogen-bond acceptors (Lipinski definition) is 5. The van der Waals surface area contributed by atoms with Gasteiger partial charge < -0.3 is 14.8 Å². The monoisotopic (exact) mass is 342 g/mol. The summed E-state index contributed by atoms with van der Waals surface area (Å²) in [4.78, 5) is 13.6. The Hall–Kier alpha value is -3.42. The third-order valence-corrected chi connectivity index (χ3v) is 3.39. The van der Waals surface area contributed by atoms with Gasteiger partial charge in [-0.15, -0.1) is 5.10 Å². The van der Waals surface area contributed by atoms with Crippen LogP contribution in [-0.2, 0) is 0 Å². The van der Waals surface area contributed by atoms with Gasteiger partial charge in [0, 0.05) is 23.9 Å². The molecule has 0 radical (unpaired) electrons. The Balaban J connectivity index is 1.79. The molecule has 25 heavy (non-hydrogen) atoms. The molecule has 0 spiro atoms. The van der Waals surface area contributed by atoms with Crippen LogP contribution in [0.3, 0.4) is 0 Å². The van der Waals surface area contributed by atoms with Crippen LogP contribution in [0.15, 0.2) is 48.7 Å². The molecule has 0 saturated carbocycles. The number of ether oxygens (including phenoxy) is 2. The summed E-state index contributed by atoms with van der Waals surface area (Å²) in [7, 11) is 3.04. The Kier molecular flexibility index (Phi) is 4.60. The van der Waals surface area contributed by atoms with Gasteiger partial charge in [0.1, 0.15) is 17.3 Å². The van der Waals surface area contributed by atoms with Crippen molar-refractivity contribution in [3.63, 3.8) is 0 Å². The summed E-state index contributed by atoms with van der Waals surface area (Å²) in [6.07, 6.45) is 1.33. The number of carbonyl (C=O) groups excluding carboxylic acids is 1. The highest BCUT2D eigenvalue weighted by Crippen LogP contribution is 2.26. The van der Waals surface area contributed by atoms with Crippen LogP contribution >= 0.6 is 0 Å². The summed E-state index contributed by atoms with van der Waals surface area (Å²) in [5.74, 6) is 0.291. The second-order valence-corrected chi connectivity index (χ2v) is 5.05. The van der Waals surface area contributed by atoms with Crippen molar-refractivity contribution in [1.82, 2.24) is 15.0 Å². The number of methoxy groups -OCH3 is 2. The number of hydrogen-bond donors (Lipinski definition) is 1. The molecule has 128 valence electrons. The van der Waals surface area contributed by atoms with Gasteiger partial charge >= 0.3 is 0 Å². The molecule has 0 aliphatic carbocycles. The van der Waals surface area contributed by atoms with E-state index in [0.29, 0.717) is 22.9 Å². The van der Waals surface area contributed by atoms with Crippen LogP contribution in [0, 0.1) is 5.82 Å². The number of benzene rings is 2. The first-order valence-electron chi connectivity index (χ1n) is 7.32. The zero-order chi connectivity index (χ0) is 17.8. The zero-order valence-corrected chi connectivity index (χ0v) is 13.6. The first kappa shape index (κ1) is 16.4.